The summed E-state index contributed by atoms with van der Waals surface area (Å²) in [7, 11) is -3.89. The molecule has 7 nitrogen and oxygen atoms in total. The third kappa shape index (κ3) is 4.92. The molecule has 34 heavy (non-hydrogen) atoms. The number of aryl methyl sites for hydroxylation is 4. The number of benzene rings is 2. The molecule has 0 fully saturated rings. The number of rotatable bonds is 7. The van der Waals surface area contributed by atoms with Crippen LogP contribution in [0.2, 0.25) is 0 Å². The Kier molecular flexibility index (Phi) is 6.34. The van der Waals surface area contributed by atoms with Crippen molar-refractivity contribution in [3.05, 3.63) is 88.6 Å². The molecule has 0 aliphatic carbocycles. The van der Waals surface area contributed by atoms with Crippen LogP contribution in [0.5, 0.6) is 11.6 Å². The lowest BCUT2D eigenvalue weighted by Gasteiger charge is -2.15. The number of aromatic nitrogens is 3. The summed E-state index contributed by atoms with van der Waals surface area (Å²) in [5, 5.41) is 5.96. The Hall–Kier alpha value is -3.78. The third-order valence-electron chi connectivity index (χ3n) is 5.44. The highest BCUT2D eigenvalue weighted by Gasteiger charge is 2.25. The van der Waals surface area contributed by atoms with E-state index in [-0.39, 0.29) is 16.5 Å². The molecular formula is C26H25N3O4S. The summed E-state index contributed by atoms with van der Waals surface area (Å²) in [6.07, 6.45) is 1.33. The fraction of sp³-hybridized carbons (Fsp3) is 0.192. The second kappa shape index (κ2) is 9.23. The number of pyridine rings is 1. The van der Waals surface area contributed by atoms with E-state index in [1.807, 2.05) is 64.1 Å². The van der Waals surface area contributed by atoms with Gasteiger partial charge >= 0.3 is 0 Å². The van der Waals surface area contributed by atoms with Crippen LogP contribution >= 0.6 is 0 Å². The van der Waals surface area contributed by atoms with Crippen LogP contribution in [-0.2, 0) is 9.84 Å². The van der Waals surface area contributed by atoms with Crippen LogP contribution in [0.25, 0.3) is 11.3 Å². The molecule has 0 aliphatic rings. The molecule has 8 heteroatoms. The van der Waals surface area contributed by atoms with Gasteiger partial charge < -0.3 is 4.74 Å². The van der Waals surface area contributed by atoms with E-state index in [0.717, 1.165) is 27.8 Å². The minimum Gasteiger partial charge on any atom is -0.438 e. The van der Waals surface area contributed by atoms with E-state index < -0.39 is 21.4 Å². The van der Waals surface area contributed by atoms with Gasteiger partial charge in [-0.2, -0.15) is 5.10 Å². The summed E-state index contributed by atoms with van der Waals surface area (Å²) in [5.41, 5.74) is 5.56. The molecule has 0 unspecified atom stereocenters. The fourth-order valence-corrected chi connectivity index (χ4v) is 4.90. The molecule has 0 spiro atoms. The molecule has 2 aromatic carbocycles. The van der Waals surface area contributed by atoms with Crippen molar-refractivity contribution in [3.8, 4) is 22.9 Å². The van der Waals surface area contributed by atoms with Crippen LogP contribution in [0.15, 0.2) is 65.8 Å². The van der Waals surface area contributed by atoms with Gasteiger partial charge in [0.15, 0.2) is 10.8 Å². The highest BCUT2D eigenvalue weighted by molar-refractivity contribution is 7.92. The van der Waals surface area contributed by atoms with Gasteiger partial charge in [-0.05, 0) is 57.0 Å². The van der Waals surface area contributed by atoms with Crippen molar-refractivity contribution >= 4 is 15.6 Å². The zero-order valence-corrected chi connectivity index (χ0v) is 20.2. The van der Waals surface area contributed by atoms with E-state index in [1.54, 1.807) is 12.1 Å². The van der Waals surface area contributed by atoms with Gasteiger partial charge in [0.2, 0.25) is 15.7 Å². The second-order valence-corrected chi connectivity index (χ2v) is 10.3. The van der Waals surface area contributed by atoms with Crippen molar-refractivity contribution in [2.24, 2.45) is 0 Å². The Morgan fingerprint density at radius 3 is 2.21 bits per heavy atom. The Morgan fingerprint density at radius 2 is 1.59 bits per heavy atom. The molecule has 2 aromatic heterocycles. The summed E-state index contributed by atoms with van der Waals surface area (Å²) >= 11 is 0. The Bertz CT molecular complexity index is 1440. The van der Waals surface area contributed by atoms with Crippen molar-refractivity contribution in [1.82, 2.24) is 15.2 Å². The van der Waals surface area contributed by atoms with Crippen LogP contribution in [0.4, 0.5) is 0 Å². The van der Waals surface area contributed by atoms with Gasteiger partial charge in [-0.1, -0.05) is 47.5 Å². The monoisotopic (exact) mass is 475 g/mol. The number of aromatic amines is 1. The number of ether oxygens (including phenoxy) is 1. The molecule has 1 N–H and O–H groups in total. The first-order valence-corrected chi connectivity index (χ1v) is 12.4. The normalized spacial score (nSPS) is 11.4. The molecular weight excluding hydrogens is 450 g/mol. The van der Waals surface area contributed by atoms with E-state index in [2.05, 4.69) is 15.2 Å². The molecule has 0 saturated heterocycles. The molecule has 0 radical (unpaired) electrons. The average Bonchev–Trinajstić information content (AvgIpc) is 3.32. The maximum atomic E-state index is 13.1. The van der Waals surface area contributed by atoms with Crippen LogP contribution < -0.4 is 4.74 Å². The lowest BCUT2D eigenvalue weighted by atomic mass is 10.1. The summed E-state index contributed by atoms with van der Waals surface area (Å²) in [5.74, 6) is -0.694. The molecule has 4 aromatic rings. The number of hydrogen-bond donors (Lipinski definition) is 1. The molecule has 0 atom stereocenters. The maximum absolute atomic E-state index is 13.1. The minimum atomic E-state index is -3.89. The zero-order chi connectivity index (χ0) is 24.5. The van der Waals surface area contributed by atoms with Crippen molar-refractivity contribution in [1.29, 1.82) is 0 Å². The van der Waals surface area contributed by atoms with Gasteiger partial charge in [-0.3, -0.25) is 9.89 Å². The lowest BCUT2D eigenvalue weighted by molar-refractivity contribution is 0.101. The minimum absolute atomic E-state index is 0.0675. The standard InChI is InChI=1S/C26H25N3O4S/c1-16-5-7-20(8-6-16)22-10-9-21(23(30)15-34(31,32)24-11-12-27-29-24)26(28-22)33-25-18(3)13-17(2)14-19(25)4/h5-14H,15H2,1-4H3,(H,27,29). The Labute approximate surface area is 198 Å². The number of nitrogens with one attached hydrogen (secondary N) is 1. The predicted octanol–water partition coefficient (Wildman–Crippen LogP) is 5.15. The van der Waals surface area contributed by atoms with Crippen LogP contribution in [0.3, 0.4) is 0 Å². The van der Waals surface area contributed by atoms with Crippen molar-refractivity contribution in [3.63, 3.8) is 0 Å². The highest BCUT2D eigenvalue weighted by Crippen LogP contribution is 2.33. The Morgan fingerprint density at radius 1 is 0.912 bits per heavy atom. The average molecular weight is 476 g/mol. The molecule has 174 valence electrons. The first-order chi connectivity index (χ1) is 16.1. The number of sulfone groups is 1. The summed E-state index contributed by atoms with van der Waals surface area (Å²) < 4.78 is 31.5. The topological polar surface area (TPSA) is 102 Å². The Balaban J connectivity index is 1.78. The van der Waals surface area contributed by atoms with Crippen LogP contribution in [0, 0.1) is 27.7 Å². The number of ketones is 1. The van der Waals surface area contributed by atoms with Crippen molar-refractivity contribution in [2.75, 3.05) is 5.75 Å². The van der Waals surface area contributed by atoms with Gasteiger partial charge in [0.1, 0.15) is 11.5 Å². The lowest BCUT2D eigenvalue weighted by Crippen LogP contribution is -2.18. The molecule has 0 saturated carbocycles. The maximum Gasteiger partial charge on any atom is 0.230 e. The molecule has 2 heterocycles. The van der Waals surface area contributed by atoms with E-state index in [1.165, 1.54) is 12.3 Å². The van der Waals surface area contributed by atoms with Gasteiger partial charge in [0.05, 0.1) is 17.5 Å². The number of H-pyrrole nitrogens is 1. The molecule has 4 rings (SSSR count). The van der Waals surface area contributed by atoms with Gasteiger partial charge in [-0.15, -0.1) is 0 Å². The third-order valence-corrected chi connectivity index (χ3v) is 6.98. The summed E-state index contributed by atoms with van der Waals surface area (Å²) in [6.45, 7) is 7.83. The SMILES string of the molecule is Cc1ccc(-c2ccc(C(=O)CS(=O)(=O)c3ccn[nH]3)c(Oc3c(C)cc(C)cc3C)n2)cc1. The van der Waals surface area contributed by atoms with Gasteiger partial charge in [-0.25, -0.2) is 13.4 Å². The number of Topliss-reactive ketones (excluding diaryl/α,β-unsaturated/α-hetero) is 1. The highest BCUT2D eigenvalue weighted by atomic mass is 32.2. The predicted molar refractivity (Wildman–Crippen MR) is 130 cm³/mol. The first kappa shape index (κ1) is 23.4. The van der Waals surface area contributed by atoms with Crippen LogP contribution in [-0.4, -0.2) is 35.1 Å². The van der Waals surface area contributed by atoms with E-state index >= 15 is 0 Å². The van der Waals surface area contributed by atoms with E-state index in [4.69, 9.17) is 4.74 Å². The first-order valence-electron chi connectivity index (χ1n) is 10.7. The fourth-order valence-electron chi connectivity index (χ4n) is 3.78. The number of nitrogens with zero attached hydrogens (tertiary/aromatic N) is 2. The molecule has 0 bridgehead atoms. The molecule has 0 aliphatic heterocycles. The van der Waals surface area contributed by atoms with Crippen LogP contribution in [0.1, 0.15) is 32.6 Å². The van der Waals surface area contributed by atoms with E-state index in [9.17, 15) is 13.2 Å². The number of carbonyl (C=O) groups is 1. The van der Waals surface area contributed by atoms with Gasteiger partial charge in [0.25, 0.3) is 0 Å². The summed E-state index contributed by atoms with van der Waals surface area (Å²) in [4.78, 5) is 17.8. The zero-order valence-electron chi connectivity index (χ0n) is 19.4. The summed E-state index contributed by atoms with van der Waals surface area (Å²) in [6, 6.07) is 16.4. The van der Waals surface area contributed by atoms with E-state index in [0.29, 0.717) is 11.4 Å². The number of carbonyl (C=O) groups excluding carboxylic acids is 1. The number of hydrogen-bond acceptors (Lipinski definition) is 6. The largest absolute Gasteiger partial charge is 0.438 e. The van der Waals surface area contributed by atoms with Crippen molar-refractivity contribution in [2.45, 2.75) is 32.7 Å². The van der Waals surface area contributed by atoms with Crippen molar-refractivity contribution < 1.29 is 17.9 Å². The second-order valence-electron chi connectivity index (χ2n) is 8.35. The quantitative estimate of drug-likeness (QED) is 0.371. The smallest absolute Gasteiger partial charge is 0.230 e. The van der Waals surface area contributed by atoms with Gasteiger partial charge in [0, 0.05) is 5.56 Å². The molecule has 0 amide bonds.